The molecule has 2 saturated heterocycles. The minimum atomic E-state index is -3.46. The topological polar surface area (TPSA) is 58.2 Å². The van der Waals surface area contributed by atoms with E-state index in [1.165, 1.54) is 0 Å². The molecule has 4 nitrogen and oxygen atoms in total. The molecule has 1 aromatic carbocycles. The van der Waals surface area contributed by atoms with E-state index in [-0.39, 0.29) is 6.04 Å². The summed E-state index contributed by atoms with van der Waals surface area (Å²) in [6.45, 7) is 1.90. The summed E-state index contributed by atoms with van der Waals surface area (Å²) in [7, 11) is -3.46. The summed E-state index contributed by atoms with van der Waals surface area (Å²) in [5.74, 6) is 0. The molecule has 2 unspecified atom stereocenters. The predicted molar refractivity (Wildman–Crippen MR) is 82.2 cm³/mol. The maximum Gasteiger partial charge on any atom is 0.241 e. The highest BCUT2D eigenvalue weighted by Gasteiger charge is 2.35. The first-order valence-electron chi connectivity index (χ1n) is 6.98. The zero-order chi connectivity index (χ0) is 14.3. The predicted octanol–water partition coefficient (Wildman–Crippen LogP) is 2.32. The van der Waals surface area contributed by atoms with E-state index in [0.29, 0.717) is 21.5 Å². The second-order valence-corrected chi connectivity index (χ2v) is 8.40. The Morgan fingerprint density at radius 3 is 2.55 bits per heavy atom. The second-order valence-electron chi connectivity index (χ2n) is 5.86. The molecule has 0 radical (unpaired) electrons. The SMILES string of the molecule is Cc1ccc(Br)c(S(=O)(=O)NC2CC3CCC(C2)N3)c1. The summed E-state index contributed by atoms with van der Waals surface area (Å²) in [6, 6.07) is 6.39. The molecule has 2 heterocycles. The molecule has 3 rings (SSSR count). The molecular weight excluding hydrogens is 340 g/mol. The van der Waals surface area contributed by atoms with Crippen molar-refractivity contribution in [2.24, 2.45) is 0 Å². The quantitative estimate of drug-likeness (QED) is 0.871. The Morgan fingerprint density at radius 1 is 1.25 bits per heavy atom. The molecule has 0 aliphatic carbocycles. The summed E-state index contributed by atoms with van der Waals surface area (Å²) in [5.41, 5.74) is 0.943. The molecule has 2 bridgehead atoms. The van der Waals surface area contributed by atoms with Crippen molar-refractivity contribution in [3.05, 3.63) is 28.2 Å². The van der Waals surface area contributed by atoms with Crippen LogP contribution in [0.5, 0.6) is 0 Å². The van der Waals surface area contributed by atoms with Crippen molar-refractivity contribution in [3.63, 3.8) is 0 Å². The van der Waals surface area contributed by atoms with Gasteiger partial charge in [-0.05, 0) is 66.2 Å². The molecule has 0 aromatic heterocycles. The van der Waals surface area contributed by atoms with Gasteiger partial charge in [0, 0.05) is 22.6 Å². The molecule has 0 spiro atoms. The molecule has 2 aliphatic rings. The molecule has 0 amide bonds. The number of benzene rings is 1. The average Bonchev–Trinajstić information content (AvgIpc) is 2.71. The first kappa shape index (κ1) is 14.5. The lowest BCUT2D eigenvalue weighted by atomic mass is 10.0. The van der Waals surface area contributed by atoms with Crippen molar-refractivity contribution in [1.82, 2.24) is 10.0 Å². The van der Waals surface area contributed by atoms with Crippen molar-refractivity contribution in [1.29, 1.82) is 0 Å². The number of hydrogen-bond donors (Lipinski definition) is 2. The fourth-order valence-electron chi connectivity index (χ4n) is 3.25. The number of sulfonamides is 1. The Kier molecular flexibility index (Phi) is 3.92. The van der Waals surface area contributed by atoms with Gasteiger partial charge >= 0.3 is 0 Å². The molecule has 20 heavy (non-hydrogen) atoms. The van der Waals surface area contributed by atoms with Crippen molar-refractivity contribution < 1.29 is 8.42 Å². The summed E-state index contributed by atoms with van der Waals surface area (Å²) < 4.78 is 28.6. The van der Waals surface area contributed by atoms with E-state index < -0.39 is 10.0 Å². The van der Waals surface area contributed by atoms with Crippen molar-refractivity contribution >= 4 is 26.0 Å². The van der Waals surface area contributed by atoms with Gasteiger partial charge in [0.25, 0.3) is 0 Å². The van der Waals surface area contributed by atoms with E-state index in [2.05, 4.69) is 26.0 Å². The lowest BCUT2D eigenvalue weighted by molar-refractivity contribution is 0.345. The third-order valence-electron chi connectivity index (χ3n) is 4.17. The van der Waals surface area contributed by atoms with Crippen molar-refractivity contribution in [2.75, 3.05) is 0 Å². The number of halogens is 1. The smallest absolute Gasteiger partial charge is 0.241 e. The number of rotatable bonds is 3. The van der Waals surface area contributed by atoms with Gasteiger partial charge in [-0.15, -0.1) is 0 Å². The van der Waals surface area contributed by atoms with E-state index >= 15 is 0 Å². The number of nitrogens with one attached hydrogen (secondary N) is 2. The number of hydrogen-bond acceptors (Lipinski definition) is 3. The third-order valence-corrected chi connectivity index (χ3v) is 6.69. The lowest BCUT2D eigenvalue weighted by Crippen LogP contribution is -2.47. The summed E-state index contributed by atoms with van der Waals surface area (Å²) >= 11 is 3.34. The van der Waals surface area contributed by atoms with E-state index in [1.54, 1.807) is 12.1 Å². The highest BCUT2D eigenvalue weighted by molar-refractivity contribution is 9.10. The normalized spacial score (nSPS) is 29.6. The maximum absolute atomic E-state index is 12.5. The standard InChI is InChI=1S/C14H19BrN2O2S/c1-9-2-5-13(15)14(6-9)20(18,19)17-12-7-10-3-4-11(8-12)16-10/h2,5-6,10-12,16-17H,3-4,7-8H2,1H3. The Balaban J connectivity index is 1.80. The van der Waals surface area contributed by atoms with Gasteiger partial charge in [0.1, 0.15) is 0 Å². The number of aryl methyl sites for hydroxylation is 1. The van der Waals surface area contributed by atoms with Crippen LogP contribution in [-0.2, 0) is 10.0 Å². The van der Waals surface area contributed by atoms with Gasteiger partial charge in [-0.3, -0.25) is 0 Å². The zero-order valence-electron chi connectivity index (χ0n) is 11.4. The lowest BCUT2D eigenvalue weighted by Gasteiger charge is -2.29. The molecule has 1 aromatic rings. The summed E-state index contributed by atoms with van der Waals surface area (Å²) in [5, 5.41) is 3.52. The van der Waals surface area contributed by atoms with E-state index in [4.69, 9.17) is 0 Å². The van der Waals surface area contributed by atoms with E-state index in [1.807, 2.05) is 13.0 Å². The number of piperidine rings is 1. The fourth-order valence-corrected chi connectivity index (χ4v) is 5.56. The van der Waals surface area contributed by atoms with Crippen LogP contribution in [0.25, 0.3) is 0 Å². The van der Waals surface area contributed by atoms with Crippen LogP contribution in [0, 0.1) is 6.92 Å². The van der Waals surface area contributed by atoms with E-state index in [9.17, 15) is 8.42 Å². The van der Waals surface area contributed by atoms with Crippen LogP contribution >= 0.6 is 15.9 Å². The molecule has 2 aliphatic heterocycles. The molecule has 6 heteroatoms. The van der Waals surface area contributed by atoms with Crippen molar-refractivity contribution in [3.8, 4) is 0 Å². The van der Waals surface area contributed by atoms with Gasteiger partial charge < -0.3 is 5.32 Å². The second kappa shape index (κ2) is 5.40. The first-order valence-corrected chi connectivity index (χ1v) is 9.26. The van der Waals surface area contributed by atoms with Gasteiger partial charge in [0.2, 0.25) is 10.0 Å². The molecular formula is C14H19BrN2O2S. The van der Waals surface area contributed by atoms with Crippen LogP contribution in [0.15, 0.2) is 27.6 Å². The monoisotopic (exact) mass is 358 g/mol. The van der Waals surface area contributed by atoms with Gasteiger partial charge in [-0.1, -0.05) is 6.07 Å². The zero-order valence-corrected chi connectivity index (χ0v) is 13.8. The minimum absolute atomic E-state index is 0.0474. The fraction of sp³-hybridized carbons (Fsp3) is 0.571. The van der Waals surface area contributed by atoms with Crippen LogP contribution in [-0.4, -0.2) is 26.5 Å². The Morgan fingerprint density at radius 2 is 1.90 bits per heavy atom. The Bertz CT molecular complexity index is 606. The molecule has 2 atom stereocenters. The van der Waals surface area contributed by atoms with Crippen LogP contribution in [0.2, 0.25) is 0 Å². The van der Waals surface area contributed by atoms with Crippen LogP contribution < -0.4 is 10.0 Å². The highest BCUT2D eigenvalue weighted by atomic mass is 79.9. The van der Waals surface area contributed by atoms with Crippen molar-refractivity contribution in [2.45, 2.75) is 55.6 Å². The third kappa shape index (κ3) is 2.93. The molecule has 0 saturated carbocycles. The average molecular weight is 359 g/mol. The van der Waals surface area contributed by atoms with E-state index in [0.717, 1.165) is 31.2 Å². The Labute approximate surface area is 128 Å². The van der Waals surface area contributed by atoms with Gasteiger partial charge in [-0.25, -0.2) is 13.1 Å². The van der Waals surface area contributed by atoms with Gasteiger partial charge in [0.05, 0.1) is 4.90 Å². The minimum Gasteiger partial charge on any atom is -0.311 e. The maximum atomic E-state index is 12.5. The molecule has 2 fully saturated rings. The largest absolute Gasteiger partial charge is 0.311 e. The highest BCUT2D eigenvalue weighted by Crippen LogP contribution is 2.29. The first-order chi connectivity index (χ1) is 9.44. The molecule has 110 valence electrons. The summed E-state index contributed by atoms with van der Waals surface area (Å²) in [4.78, 5) is 0.336. The van der Waals surface area contributed by atoms with Gasteiger partial charge in [0.15, 0.2) is 0 Å². The summed E-state index contributed by atoms with van der Waals surface area (Å²) in [6.07, 6.45) is 4.10. The Hall–Kier alpha value is -0.430. The number of fused-ring (bicyclic) bond motifs is 2. The van der Waals surface area contributed by atoms with Crippen LogP contribution in [0.1, 0.15) is 31.2 Å². The molecule has 2 N–H and O–H groups in total. The van der Waals surface area contributed by atoms with Crippen LogP contribution in [0.4, 0.5) is 0 Å². The van der Waals surface area contributed by atoms with Crippen LogP contribution in [0.3, 0.4) is 0 Å². The van der Waals surface area contributed by atoms with Gasteiger partial charge in [-0.2, -0.15) is 0 Å².